The molecule has 0 aliphatic rings. The monoisotopic (exact) mass is 223 g/mol. The van der Waals surface area contributed by atoms with Crippen LogP contribution in [0.25, 0.3) is 0 Å². The predicted octanol–water partition coefficient (Wildman–Crippen LogP) is -2.02. The molecule has 0 saturated heterocycles. The predicted molar refractivity (Wildman–Crippen MR) is 53.7 cm³/mol. The van der Waals surface area contributed by atoms with Crippen molar-refractivity contribution in [2.45, 2.75) is 31.7 Å². The summed E-state index contributed by atoms with van der Waals surface area (Å²) in [4.78, 5) is 0. The van der Waals surface area contributed by atoms with Crippen LogP contribution < -0.4 is 5.32 Å². The Kier molecular flexibility index (Phi) is 5.65. The van der Waals surface area contributed by atoms with Crippen molar-refractivity contribution in [3.8, 4) is 0 Å². The number of aliphatic hydroxyl groups excluding tert-OH is 3. The van der Waals surface area contributed by atoms with Gasteiger partial charge in [-0.05, 0) is 5.92 Å². The zero-order chi connectivity index (χ0) is 12.1. The van der Waals surface area contributed by atoms with Gasteiger partial charge in [0.25, 0.3) is 0 Å². The van der Waals surface area contributed by atoms with Crippen LogP contribution in [-0.2, 0) is 0 Å². The SMILES string of the molecule is CC(C)CC(O)(O)NC(CO)(CO)CO. The van der Waals surface area contributed by atoms with Gasteiger partial charge in [-0.2, -0.15) is 0 Å². The van der Waals surface area contributed by atoms with E-state index in [2.05, 4.69) is 5.32 Å². The fraction of sp³-hybridized carbons (Fsp3) is 1.00. The molecule has 0 saturated carbocycles. The van der Waals surface area contributed by atoms with E-state index in [1.807, 2.05) is 0 Å². The van der Waals surface area contributed by atoms with Gasteiger partial charge in [-0.3, -0.25) is 5.32 Å². The summed E-state index contributed by atoms with van der Waals surface area (Å²) in [6, 6.07) is 0. The van der Waals surface area contributed by atoms with Gasteiger partial charge in [0, 0.05) is 6.42 Å². The Morgan fingerprint density at radius 3 is 1.67 bits per heavy atom. The lowest BCUT2D eigenvalue weighted by molar-refractivity contribution is -0.220. The second-order valence-corrected chi connectivity index (χ2v) is 4.29. The number of aliphatic hydroxyl groups is 5. The second-order valence-electron chi connectivity index (χ2n) is 4.29. The van der Waals surface area contributed by atoms with E-state index in [0.29, 0.717) is 0 Å². The number of nitrogens with one attached hydrogen (secondary N) is 1. The lowest BCUT2D eigenvalue weighted by atomic mass is 10.0. The first-order valence-corrected chi connectivity index (χ1v) is 4.87. The molecule has 0 fully saturated rings. The molecule has 6 nitrogen and oxygen atoms in total. The fourth-order valence-corrected chi connectivity index (χ4v) is 1.31. The van der Waals surface area contributed by atoms with E-state index >= 15 is 0 Å². The molecule has 0 atom stereocenters. The minimum atomic E-state index is -2.22. The Balaban J connectivity index is 4.51. The zero-order valence-electron chi connectivity index (χ0n) is 9.14. The molecule has 6 N–H and O–H groups in total. The first-order chi connectivity index (χ1) is 6.81. The third kappa shape index (κ3) is 4.87. The smallest absolute Gasteiger partial charge is 0.223 e. The van der Waals surface area contributed by atoms with E-state index in [1.165, 1.54) is 0 Å². The van der Waals surface area contributed by atoms with E-state index in [1.54, 1.807) is 13.8 Å². The molecule has 0 unspecified atom stereocenters. The topological polar surface area (TPSA) is 113 Å². The molecule has 0 aromatic rings. The fourth-order valence-electron chi connectivity index (χ4n) is 1.31. The summed E-state index contributed by atoms with van der Waals surface area (Å²) in [5, 5.41) is 48.2. The van der Waals surface area contributed by atoms with Crippen molar-refractivity contribution in [2.24, 2.45) is 5.92 Å². The van der Waals surface area contributed by atoms with Crippen LogP contribution in [-0.4, -0.2) is 56.8 Å². The van der Waals surface area contributed by atoms with Crippen LogP contribution >= 0.6 is 0 Å². The van der Waals surface area contributed by atoms with Crippen LogP contribution in [0.1, 0.15) is 20.3 Å². The van der Waals surface area contributed by atoms with Crippen molar-refractivity contribution in [3.63, 3.8) is 0 Å². The molecule has 0 radical (unpaired) electrons. The van der Waals surface area contributed by atoms with Gasteiger partial charge in [0.2, 0.25) is 5.91 Å². The Hall–Kier alpha value is -0.240. The van der Waals surface area contributed by atoms with Crippen molar-refractivity contribution < 1.29 is 25.5 Å². The lowest BCUT2D eigenvalue weighted by Gasteiger charge is -2.36. The average Bonchev–Trinajstić information content (AvgIpc) is 2.12. The first kappa shape index (κ1) is 14.8. The maximum atomic E-state index is 9.52. The average molecular weight is 223 g/mol. The van der Waals surface area contributed by atoms with E-state index in [-0.39, 0.29) is 12.3 Å². The molecule has 0 aliphatic carbocycles. The molecule has 0 amide bonds. The standard InChI is InChI=1S/C9H21NO5/c1-7(2)3-9(14,15)10-8(4-11,5-12)6-13/h7,10-15H,3-6H2,1-2H3. The normalized spacial score (nSPS) is 13.6. The number of hydrogen-bond acceptors (Lipinski definition) is 6. The van der Waals surface area contributed by atoms with Gasteiger partial charge < -0.3 is 25.5 Å². The van der Waals surface area contributed by atoms with E-state index < -0.39 is 31.3 Å². The van der Waals surface area contributed by atoms with Crippen LogP contribution in [0.3, 0.4) is 0 Å². The minimum absolute atomic E-state index is 0.0151. The summed E-state index contributed by atoms with van der Waals surface area (Å²) in [5.41, 5.74) is -1.49. The molecule has 0 spiro atoms. The Labute approximate surface area is 89.2 Å². The van der Waals surface area contributed by atoms with E-state index in [9.17, 15) is 10.2 Å². The Morgan fingerprint density at radius 1 is 1.00 bits per heavy atom. The molecule has 0 bridgehead atoms. The third-order valence-electron chi connectivity index (χ3n) is 2.07. The largest absolute Gasteiger partial charge is 0.394 e. The van der Waals surface area contributed by atoms with Crippen LogP contribution in [0.4, 0.5) is 0 Å². The minimum Gasteiger partial charge on any atom is -0.394 e. The molecule has 15 heavy (non-hydrogen) atoms. The molecular formula is C9H21NO5. The van der Waals surface area contributed by atoms with Gasteiger partial charge in [0.15, 0.2) is 0 Å². The highest BCUT2D eigenvalue weighted by Crippen LogP contribution is 2.15. The third-order valence-corrected chi connectivity index (χ3v) is 2.07. The van der Waals surface area contributed by atoms with Crippen LogP contribution in [0.2, 0.25) is 0 Å². The van der Waals surface area contributed by atoms with Crippen molar-refractivity contribution in [1.82, 2.24) is 5.32 Å². The van der Waals surface area contributed by atoms with Gasteiger partial charge in [0.1, 0.15) is 0 Å². The van der Waals surface area contributed by atoms with Crippen LogP contribution in [0.5, 0.6) is 0 Å². The van der Waals surface area contributed by atoms with Gasteiger partial charge in [0.05, 0.1) is 25.4 Å². The van der Waals surface area contributed by atoms with Crippen molar-refractivity contribution >= 4 is 0 Å². The summed E-state index contributed by atoms with van der Waals surface area (Å²) in [7, 11) is 0. The second kappa shape index (κ2) is 5.74. The summed E-state index contributed by atoms with van der Waals surface area (Å²) in [5.74, 6) is -2.20. The van der Waals surface area contributed by atoms with Crippen molar-refractivity contribution in [1.29, 1.82) is 0 Å². The highest BCUT2D eigenvalue weighted by Gasteiger charge is 2.37. The molecule has 92 valence electrons. The summed E-state index contributed by atoms with van der Waals surface area (Å²) < 4.78 is 0. The van der Waals surface area contributed by atoms with Gasteiger partial charge in [-0.15, -0.1) is 0 Å². The molecule has 0 aliphatic heterocycles. The Bertz CT molecular complexity index is 171. The quantitative estimate of drug-likeness (QED) is 0.278. The molecule has 0 rings (SSSR count). The van der Waals surface area contributed by atoms with Gasteiger partial charge in [-0.1, -0.05) is 13.8 Å². The first-order valence-electron chi connectivity index (χ1n) is 4.87. The molecule has 0 heterocycles. The lowest BCUT2D eigenvalue weighted by Crippen LogP contribution is -2.64. The summed E-state index contributed by atoms with van der Waals surface area (Å²) >= 11 is 0. The van der Waals surface area contributed by atoms with Crippen LogP contribution in [0, 0.1) is 5.92 Å². The van der Waals surface area contributed by atoms with E-state index in [4.69, 9.17) is 15.3 Å². The van der Waals surface area contributed by atoms with Crippen LogP contribution in [0.15, 0.2) is 0 Å². The number of rotatable bonds is 7. The van der Waals surface area contributed by atoms with E-state index in [0.717, 1.165) is 0 Å². The van der Waals surface area contributed by atoms with Gasteiger partial charge in [-0.25, -0.2) is 0 Å². The maximum absolute atomic E-state index is 9.52. The molecule has 0 aromatic carbocycles. The summed E-state index contributed by atoms with van der Waals surface area (Å²) in [6.45, 7) is 1.80. The molecular weight excluding hydrogens is 202 g/mol. The summed E-state index contributed by atoms with van der Waals surface area (Å²) in [6.07, 6.45) is 0.0226. The highest BCUT2D eigenvalue weighted by molar-refractivity contribution is 4.89. The molecule has 6 heteroatoms. The van der Waals surface area contributed by atoms with Gasteiger partial charge >= 0.3 is 0 Å². The van der Waals surface area contributed by atoms with Crippen molar-refractivity contribution in [2.75, 3.05) is 19.8 Å². The highest BCUT2D eigenvalue weighted by atomic mass is 16.5. The number of hydrogen-bond donors (Lipinski definition) is 6. The van der Waals surface area contributed by atoms with Crippen molar-refractivity contribution in [3.05, 3.63) is 0 Å². The zero-order valence-corrected chi connectivity index (χ0v) is 9.14. The molecule has 0 aromatic heterocycles. The Morgan fingerprint density at radius 2 is 1.40 bits per heavy atom. The maximum Gasteiger partial charge on any atom is 0.223 e.